The highest BCUT2D eigenvalue weighted by atomic mass is 127. The van der Waals surface area contributed by atoms with Crippen LogP contribution in [0, 0.1) is 3.57 Å². The van der Waals surface area contributed by atoms with E-state index in [-0.39, 0.29) is 0 Å². The summed E-state index contributed by atoms with van der Waals surface area (Å²) < 4.78 is 1.09. The van der Waals surface area contributed by atoms with Crippen molar-refractivity contribution in [2.24, 2.45) is 0 Å². The van der Waals surface area contributed by atoms with Crippen LogP contribution in [0.1, 0.15) is 12.6 Å². The van der Waals surface area contributed by atoms with Gasteiger partial charge in [0.2, 0.25) is 0 Å². The molecule has 2 rings (SSSR count). The summed E-state index contributed by atoms with van der Waals surface area (Å²) in [5, 5.41) is 3.11. The van der Waals surface area contributed by atoms with E-state index in [9.17, 15) is 0 Å². The maximum absolute atomic E-state index is 4.58. The zero-order chi connectivity index (χ0) is 12.3. The van der Waals surface area contributed by atoms with Crippen LogP contribution in [0.2, 0.25) is 0 Å². The van der Waals surface area contributed by atoms with E-state index in [0.717, 1.165) is 32.9 Å². The van der Waals surface area contributed by atoms with E-state index < -0.39 is 0 Å². The Morgan fingerprint density at radius 1 is 1.24 bits per heavy atom. The molecule has 1 N–H and O–H groups in total. The van der Waals surface area contributed by atoms with Crippen LogP contribution in [-0.2, 0) is 6.42 Å². The summed E-state index contributed by atoms with van der Waals surface area (Å²) in [6.07, 6.45) is 4.40. The SMILES string of the molecule is CCc1nc(-c2ccncc2)nc(NC)c1I. The smallest absolute Gasteiger partial charge is 0.161 e. The van der Waals surface area contributed by atoms with Crippen LogP contribution in [-0.4, -0.2) is 22.0 Å². The Bertz CT molecular complexity index is 488. The highest BCUT2D eigenvalue weighted by Crippen LogP contribution is 2.23. The van der Waals surface area contributed by atoms with E-state index >= 15 is 0 Å². The molecular weight excluding hydrogens is 327 g/mol. The molecule has 17 heavy (non-hydrogen) atoms. The predicted octanol–water partition coefficient (Wildman–Crippen LogP) is 2.75. The normalized spacial score (nSPS) is 10.3. The van der Waals surface area contributed by atoms with Crippen molar-refractivity contribution in [2.75, 3.05) is 12.4 Å². The molecule has 2 aromatic heterocycles. The molecular formula is C12H13IN4. The summed E-state index contributed by atoms with van der Waals surface area (Å²) in [6.45, 7) is 2.10. The minimum atomic E-state index is 0.744. The van der Waals surface area contributed by atoms with Crippen LogP contribution in [0.5, 0.6) is 0 Å². The fourth-order valence-corrected chi connectivity index (χ4v) is 2.42. The van der Waals surface area contributed by atoms with Crippen LogP contribution >= 0.6 is 22.6 Å². The number of nitrogens with zero attached hydrogens (tertiary/aromatic N) is 3. The lowest BCUT2D eigenvalue weighted by Gasteiger charge is -2.09. The highest BCUT2D eigenvalue weighted by Gasteiger charge is 2.10. The van der Waals surface area contributed by atoms with E-state index in [0.29, 0.717) is 0 Å². The molecule has 5 heteroatoms. The minimum Gasteiger partial charge on any atom is -0.372 e. The number of rotatable bonds is 3. The molecule has 2 aromatic rings. The van der Waals surface area contributed by atoms with Gasteiger partial charge in [0.05, 0.1) is 9.26 Å². The number of aromatic nitrogens is 3. The van der Waals surface area contributed by atoms with E-state index in [1.165, 1.54) is 0 Å². The number of hydrogen-bond donors (Lipinski definition) is 1. The second kappa shape index (κ2) is 5.39. The van der Waals surface area contributed by atoms with Crippen molar-refractivity contribution >= 4 is 28.4 Å². The number of anilines is 1. The summed E-state index contributed by atoms with van der Waals surface area (Å²) in [7, 11) is 1.88. The van der Waals surface area contributed by atoms with Gasteiger partial charge in [0.1, 0.15) is 5.82 Å². The molecule has 0 amide bonds. The van der Waals surface area contributed by atoms with E-state index in [1.807, 2.05) is 19.2 Å². The van der Waals surface area contributed by atoms with Crippen LogP contribution in [0.25, 0.3) is 11.4 Å². The maximum Gasteiger partial charge on any atom is 0.161 e. The van der Waals surface area contributed by atoms with Gasteiger partial charge in [-0.25, -0.2) is 9.97 Å². The zero-order valence-corrected chi connectivity index (χ0v) is 11.9. The van der Waals surface area contributed by atoms with Crippen molar-refractivity contribution in [3.63, 3.8) is 0 Å². The van der Waals surface area contributed by atoms with Crippen molar-refractivity contribution in [1.82, 2.24) is 15.0 Å². The first-order valence-corrected chi connectivity index (χ1v) is 6.48. The molecule has 0 aliphatic carbocycles. The monoisotopic (exact) mass is 340 g/mol. The van der Waals surface area contributed by atoms with Crippen LogP contribution < -0.4 is 5.32 Å². The quantitative estimate of drug-likeness (QED) is 0.873. The Morgan fingerprint density at radius 3 is 2.53 bits per heavy atom. The fourth-order valence-electron chi connectivity index (χ4n) is 1.52. The molecule has 0 spiro atoms. The van der Waals surface area contributed by atoms with Crippen molar-refractivity contribution < 1.29 is 0 Å². The molecule has 0 fully saturated rings. The fraction of sp³-hybridized carbons (Fsp3) is 0.250. The molecule has 88 valence electrons. The summed E-state index contributed by atoms with van der Waals surface area (Å²) >= 11 is 2.28. The first-order chi connectivity index (χ1) is 8.26. The lowest BCUT2D eigenvalue weighted by molar-refractivity contribution is 0.989. The molecule has 0 aliphatic heterocycles. The summed E-state index contributed by atoms with van der Waals surface area (Å²) in [5.41, 5.74) is 2.05. The number of pyridine rings is 1. The first kappa shape index (κ1) is 12.2. The van der Waals surface area contributed by atoms with Crippen LogP contribution in [0.3, 0.4) is 0 Å². The zero-order valence-electron chi connectivity index (χ0n) is 9.74. The van der Waals surface area contributed by atoms with Gasteiger partial charge in [-0.05, 0) is 41.1 Å². The van der Waals surface area contributed by atoms with E-state index in [1.54, 1.807) is 12.4 Å². The van der Waals surface area contributed by atoms with Crippen LogP contribution in [0.4, 0.5) is 5.82 Å². The molecule has 0 atom stereocenters. The summed E-state index contributed by atoms with van der Waals surface area (Å²) in [6, 6.07) is 3.84. The van der Waals surface area contributed by atoms with Crippen LogP contribution in [0.15, 0.2) is 24.5 Å². The third-order valence-corrected chi connectivity index (χ3v) is 3.56. The first-order valence-electron chi connectivity index (χ1n) is 5.40. The molecule has 0 aromatic carbocycles. The van der Waals surface area contributed by atoms with Crippen molar-refractivity contribution in [3.8, 4) is 11.4 Å². The van der Waals surface area contributed by atoms with Gasteiger partial charge in [-0.2, -0.15) is 0 Å². The Hall–Kier alpha value is -1.24. The standard InChI is InChI=1S/C12H13IN4/c1-3-9-10(13)12(14-2)17-11(16-9)8-4-6-15-7-5-8/h4-7H,3H2,1-2H3,(H,14,16,17). The third-order valence-electron chi connectivity index (χ3n) is 2.43. The van der Waals surface area contributed by atoms with Gasteiger partial charge in [0, 0.05) is 25.0 Å². The Labute approximate surface area is 114 Å². The molecule has 0 saturated heterocycles. The molecule has 4 nitrogen and oxygen atoms in total. The number of aryl methyl sites for hydroxylation is 1. The van der Waals surface area contributed by atoms with E-state index in [2.05, 4.69) is 49.8 Å². The average Bonchev–Trinajstić information content (AvgIpc) is 2.40. The van der Waals surface area contributed by atoms with Crippen molar-refractivity contribution in [1.29, 1.82) is 0 Å². The maximum atomic E-state index is 4.58. The number of nitrogens with one attached hydrogen (secondary N) is 1. The van der Waals surface area contributed by atoms with E-state index in [4.69, 9.17) is 0 Å². The number of hydrogen-bond acceptors (Lipinski definition) is 4. The second-order valence-corrected chi connectivity index (χ2v) is 4.57. The minimum absolute atomic E-state index is 0.744. The average molecular weight is 340 g/mol. The molecule has 0 saturated carbocycles. The lowest BCUT2D eigenvalue weighted by atomic mass is 10.2. The van der Waals surface area contributed by atoms with Gasteiger partial charge in [-0.15, -0.1) is 0 Å². The molecule has 2 heterocycles. The van der Waals surface area contributed by atoms with Crippen molar-refractivity contribution in [3.05, 3.63) is 33.8 Å². The highest BCUT2D eigenvalue weighted by molar-refractivity contribution is 14.1. The second-order valence-electron chi connectivity index (χ2n) is 3.50. The Kier molecular flexibility index (Phi) is 3.88. The number of halogens is 1. The van der Waals surface area contributed by atoms with Gasteiger partial charge in [0.25, 0.3) is 0 Å². The van der Waals surface area contributed by atoms with Gasteiger partial charge in [0.15, 0.2) is 5.82 Å². The molecule has 0 aliphatic rings. The van der Waals surface area contributed by atoms with Gasteiger partial charge in [-0.1, -0.05) is 6.92 Å². The van der Waals surface area contributed by atoms with Gasteiger partial charge in [-0.3, -0.25) is 4.98 Å². The third kappa shape index (κ3) is 2.54. The van der Waals surface area contributed by atoms with Gasteiger partial charge < -0.3 is 5.32 Å². The van der Waals surface area contributed by atoms with Gasteiger partial charge >= 0.3 is 0 Å². The Morgan fingerprint density at radius 2 is 1.94 bits per heavy atom. The summed E-state index contributed by atoms with van der Waals surface area (Å²) in [4.78, 5) is 13.1. The molecule has 0 unspecified atom stereocenters. The summed E-state index contributed by atoms with van der Waals surface area (Å²) in [5.74, 6) is 1.62. The predicted molar refractivity (Wildman–Crippen MR) is 76.9 cm³/mol. The Balaban J connectivity index is 2.56. The largest absolute Gasteiger partial charge is 0.372 e. The topological polar surface area (TPSA) is 50.7 Å². The lowest BCUT2D eigenvalue weighted by Crippen LogP contribution is -2.04. The van der Waals surface area contributed by atoms with Crippen molar-refractivity contribution in [2.45, 2.75) is 13.3 Å². The molecule has 0 bridgehead atoms. The molecule has 0 radical (unpaired) electrons.